The molecule has 19 heavy (non-hydrogen) atoms. The summed E-state index contributed by atoms with van der Waals surface area (Å²) in [5.41, 5.74) is 2.21. The summed E-state index contributed by atoms with van der Waals surface area (Å²) in [5, 5.41) is 0.0625. The van der Waals surface area contributed by atoms with Crippen LogP contribution in [0.3, 0.4) is 0 Å². The van der Waals surface area contributed by atoms with Crippen molar-refractivity contribution in [3.8, 4) is 0 Å². The Morgan fingerprint density at radius 3 is 3.00 bits per heavy atom. The third-order valence-corrected chi connectivity index (χ3v) is 3.68. The van der Waals surface area contributed by atoms with E-state index in [0.717, 1.165) is 24.8 Å². The molecule has 0 saturated carbocycles. The molecule has 1 aliphatic heterocycles. The van der Waals surface area contributed by atoms with E-state index < -0.39 is 5.82 Å². The molecule has 0 saturated heterocycles. The number of hydrogen-bond acceptors (Lipinski definition) is 3. The molecule has 1 aromatic carbocycles. The first-order chi connectivity index (χ1) is 9.16. The Kier molecular flexibility index (Phi) is 3.11. The minimum absolute atomic E-state index is 0.0625. The van der Waals surface area contributed by atoms with E-state index in [1.54, 1.807) is 0 Å². The van der Waals surface area contributed by atoms with Crippen LogP contribution in [0.15, 0.2) is 30.5 Å². The lowest BCUT2D eigenvalue weighted by Crippen LogP contribution is -2.27. The zero-order valence-electron chi connectivity index (χ0n) is 10.5. The van der Waals surface area contributed by atoms with Crippen molar-refractivity contribution in [1.82, 2.24) is 9.97 Å². The van der Waals surface area contributed by atoms with Gasteiger partial charge in [-0.05, 0) is 35.6 Å². The van der Waals surface area contributed by atoms with Gasteiger partial charge in [-0.2, -0.15) is 4.98 Å². The molecule has 0 spiro atoms. The second kappa shape index (κ2) is 4.78. The van der Waals surface area contributed by atoms with Crippen LogP contribution in [0.5, 0.6) is 0 Å². The molecule has 0 fully saturated rings. The van der Waals surface area contributed by atoms with E-state index in [1.165, 1.54) is 5.56 Å². The van der Waals surface area contributed by atoms with Gasteiger partial charge in [-0.1, -0.05) is 25.1 Å². The van der Waals surface area contributed by atoms with Crippen molar-refractivity contribution in [2.24, 2.45) is 0 Å². The number of halogens is 2. The van der Waals surface area contributed by atoms with E-state index in [1.807, 2.05) is 23.1 Å². The fourth-order valence-electron chi connectivity index (χ4n) is 2.50. The van der Waals surface area contributed by atoms with Gasteiger partial charge in [-0.25, -0.2) is 9.37 Å². The van der Waals surface area contributed by atoms with Crippen LogP contribution in [0.4, 0.5) is 15.9 Å². The van der Waals surface area contributed by atoms with Crippen molar-refractivity contribution in [2.45, 2.75) is 19.3 Å². The Hall–Kier alpha value is -1.68. The van der Waals surface area contributed by atoms with Crippen LogP contribution >= 0.6 is 11.6 Å². The van der Waals surface area contributed by atoms with Crippen molar-refractivity contribution in [3.63, 3.8) is 0 Å². The summed E-state index contributed by atoms with van der Waals surface area (Å²) in [4.78, 5) is 9.56. The molecule has 2 heterocycles. The van der Waals surface area contributed by atoms with Crippen LogP contribution in [0.2, 0.25) is 5.28 Å². The van der Waals surface area contributed by atoms with Crippen LogP contribution < -0.4 is 4.90 Å². The predicted molar refractivity (Wildman–Crippen MR) is 73.5 cm³/mol. The number of anilines is 2. The zero-order valence-corrected chi connectivity index (χ0v) is 11.2. The normalized spacial score (nSPS) is 18.3. The summed E-state index contributed by atoms with van der Waals surface area (Å²) < 4.78 is 13.9. The fourth-order valence-corrected chi connectivity index (χ4v) is 2.62. The van der Waals surface area contributed by atoms with Crippen molar-refractivity contribution in [1.29, 1.82) is 0 Å². The number of para-hydroxylation sites is 1. The van der Waals surface area contributed by atoms with Gasteiger partial charge in [0.25, 0.3) is 0 Å². The third-order valence-electron chi connectivity index (χ3n) is 3.50. The molecular formula is C14H13ClFN3. The highest BCUT2D eigenvalue weighted by Gasteiger charge is 2.25. The van der Waals surface area contributed by atoms with Crippen molar-refractivity contribution in [2.75, 3.05) is 11.4 Å². The number of rotatable bonds is 1. The SMILES string of the molecule is CC1CCN(c2nc(Cl)ncc2F)c2ccccc21. The highest BCUT2D eigenvalue weighted by molar-refractivity contribution is 6.28. The number of benzene rings is 1. The summed E-state index contributed by atoms with van der Waals surface area (Å²) in [7, 11) is 0. The van der Waals surface area contributed by atoms with Gasteiger partial charge >= 0.3 is 0 Å². The van der Waals surface area contributed by atoms with E-state index in [0.29, 0.717) is 5.92 Å². The maximum atomic E-state index is 13.9. The molecule has 5 heteroatoms. The van der Waals surface area contributed by atoms with Gasteiger partial charge in [0.15, 0.2) is 11.6 Å². The largest absolute Gasteiger partial charge is 0.324 e. The Labute approximate surface area is 116 Å². The molecule has 1 aromatic heterocycles. The number of nitrogens with zero attached hydrogens (tertiary/aromatic N) is 3. The molecular weight excluding hydrogens is 265 g/mol. The van der Waals surface area contributed by atoms with Gasteiger partial charge in [0.2, 0.25) is 5.28 Å². The van der Waals surface area contributed by atoms with Gasteiger partial charge in [0.1, 0.15) is 0 Å². The summed E-state index contributed by atoms with van der Waals surface area (Å²) in [6.45, 7) is 2.90. The van der Waals surface area contributed by atoms with Crippen LogP contribution in [0, 0.1) is 5.82 Å². The first kappa shape index (κ1) is 12.4. The third kappa shape index (κ3) is 2.16. The van der Waals surface area contributed by atoms with Crippen LogP contribution in [-0.4, -0.2) is 16.5 Å². The average molecular weight is 278 g/mol. The summed E-state index contributed by atoms with van der Waals surface area (Å²) in [5.74, 6) is 0.265. The predicted octanol–water partition coefficient (Wildman–Crippen LogP) is 3.91. The maximum Gasteiger partial charge on any atom is 0.224 e. The Morgan fingerprint density at radius 2 is 2.16 bits per heavy atom. The molecule has 0 bridgehead atoms. The number of fused-ring (bicyclic) bond motifs is 1. The lowest BCUT2D eigenvalue weighted by atomic mass is 9.91. The molecule has 0 amide bonds. The van der Waals surface area contributed by atoms with Crippen molar-refractivity contribution in [3.05, 3.63) is 47.1 Å². The molecule has 1 aliphatic rings. The van der Waals surface area contributed by atoms with Crippen LogP contribution in [-0.2, 0) is 0 Å². The van der Waals surface area contributed by atoms with Crippen LogP contribution in [0.1, 0.15) is 24.8 Å². The lowest BCUT2D eigenvalue weighted by molar-refractivity contribution is 0.594. The van der Waals surface area contributed by atoms with Gasteiger partial charge < -0.3 is 4.90 Å². The van der Waals surface area contributed by atoms with Gasteiger partial charge in [-0.3, -0.25) is 0 Å². The number of aromatic nitrogens is 2. The fraction of sp³-hybridized carbons (Fsp3) is 0.286. The maximum absolute atomic E-state index is 13.9. The Bertz CT molecular complexity index is 617. The number of hydrogen-bond donors (Lipinski definition) is 0. The van der Waals surface area contributed by atoms with E-state index >= 15 is 0 Å². The smallest absolute Gasteiger partial charge is 0.224 e. The molecule has 1 atom stereocenters. The first-order valence-corrected chi connectivity index (χ1v) is 6.59. The molecule has 3 rings (SSSR count). The molecule has 98 valence electrons. The quantitative estimate of drug-likeness (QED) is 0.740. The molecule has 3 nitrogen and oxygen atoms in total. The minimum atomic E-state index is -0.450. The molecule has 0 aliphatic carbocycles. The lowest BCUT2D eigenvalue weighted by Gasteiger charge is -2.33. The van der Waals surface area contributed by atoms with Gasteiger partial charge in [0, 0.05) is 12.2 Å². The first-order valence-electron chi connectivity index (χ1n) is 6.21. The second-order valence-electron chi connectivity index (χ2n) is 4.71. The molecule has 0 N–H and O–H groups in total. The highest BCUT2D eigenvalue weighted by Crippen LogP contribution is 2.38. The van der Waals surface area contributed by atoms with Gasteiger partial charge in [-0.15, -0.1) is 0 Å². The van der Waals surface area contributed by atoms with E-state index in [-0.39, 0.29) is 11.1 Å². The standard InChI is InChI=1S/C14H13ClFN3/c1-9-6-7-19(12-5-3-2-4-10(9)12)13-11(16)8-17-14(15)18-13/h2-5,8-9H,6-7H2,1H3. The monoisotopic (exact) mass is 277 g/mol. The Balaban J connectivity index is 2.12. The average Bonchev–Trinajstić information content (AvgIpc) is 2.43. The zero-order chi connectivity index (χ0) is 13.4. The van der Waals surface area contributed by atoms with E-state index in [9.17, 15) is 4.39 Å². The van der Waals surface area contributed by atoms with Crippen LogP contribution in [0.25, 0.3) is 0 Å². The molecule has 2 aromatic rings. The minimum Gasteiger partial charge on any atom is -0.324 e. The van der Waals surface area contributed by atoms with E-state index in [2.05, 4.69) is 23.0 Å². The molecule has 1 unspecified atom stereocenters. The second-order valence-corrected chi connectivity index (χ2v) is 5.05. The summed E-state index contributed by atoms with van der Waals surface area (Å²) in [6.07, 6.45) is 2.07. The van der Waals surface area contributed by atoms with Crippen molar-refractivity contribution >= 4 is 23.1 Å². The van der Waals surface area contributed by atoms with E-state index in [4.69, 9.17) is 11.6 Å². The highest BCUT2D eigenvalue weighted by atomic mass is 35.5. The van der Waals surface area contributed by atoms with Crippen molar-refractivity contribution < 1.29 is 4.39 Å². The van der Waals surface area contributed by atoms with Gasteiger partial charge in [0.05, 0.1) is 6.20 Å². The summed E-state index contributed by atoms with van der Waals surface area (Å²) in [6, 6.07) is 8.01. The summed E-state index contributed by atoms with van der Waals surface area (Å²) >= 11 is 5.78. The Morgan fingerprint density at radius 1 is 1.37 bits per heavy atom. The topological polar surface area (TPSA) is 29.0 Å². The molecule has 0 radical (unpaired) electrons.